The summed E-state index contributed by atoms with van der Waals surface area (Å²) in [6.07, 6.45) is 4.43. The van der Waals surface area contributed by atoms with E-state index in [2.05, 4.69) is 20.5 Å². The Morgan fingerprint density at radius 3 is 2.74 bits per heavy atom. The molecule has 0 spiro atoms. The summed E-state index contributed by atoms with van der Waals surface area (Å²) in [6.45, 7) is 0.535. The number of aromatic nitrogens is 3. The normalized spacial score (nSPS) is 15.1. The zero-order chi connectivity index (χ0) is 18.9. The molecule has 0 saturated heterocycles. The lowest BCUT2D eigenvalue weighted by Gasteiger charge is -2.41. The van der Waals surface area contributed by atoms with E-state index in [1.807, 2.05) is 6.07 Å². The molecule has 1 aliphatic rings. The Balaban J connectivity index is 1.54. The van der Waals surface area contributed by atoms with Crippen LogP contribution in [0.5, 0.6) is 0 Å². The van der Waals surface area contributed by atoms with E-state index in [0.717, 1.165) is 19.3 Å². The van der Waals surface area contributed by atoms with Crippen molar-refractivity contribution >= 4 is 22.4 Å². The quantitative estimate of drug-likeness (QED) is 0.681. The SMILES string of the molecule is NC(=O)c1ccccc1-c1nnc(NCC2(c3ncccc3F)CCC2)s1. The van der Waals surface area contributed by atoms with Gasteiger partial charge in [-0.25, -0.2) is 4.39 Å². The Labute approximate surface area is 159 Å². The van der Waals surface area contributed by atoms with Gasteiger partial charge in [0.15, 0.2) is 0 Å². The molecule has 0 radical (unpaired) electrons. The molecular weight excluding hydrogens is 365 g/mol. The summed E-state index contributed by atoms with van der Waals surface area (Å²) in [5.74, 6) is -0.776. The average molecular weight is 383 g/mol. The molecule has 2 heterocycles. The molecule has 138 valence electrons. The van der Waals surface area contributed by atoms with Crippen molar-refractivity contribution in [2.45, 2.75) is 24.7 Å². The second-order valence-electron chi connectivity index (χ2n) is 6.64. The highest BCUT2D eigenvalue weighted by molar-refractivity contribution is 7.18. The second kappa shape index (κ2) is 7.03. The van der Waals surface area contributed by atoms with Crippen LogP contribution in [0.4, 0.5) is 9.52 Å². The van der Waals surface area contributed by atoms with Gasteiger partial charge in [-0.3, -0.25) is 9.78 Å². The first kappa shape index (κ1) is 17.5. The Morgan fingerprint density at radius 1 is 1.22 bits per heavy atom. The van der Waals surface area contributed by atoms with Gasteiger partial charge in [-0.05, 0) is 31.0 Å². The molecule has 1 amide bonds. The van der Waals surface area contributed by atoms with E-state index in [0.29, 0.717) is 33.5 Å². The maximum absolute atomic E-state index is 14.2. The summed E-state index contributed by atoms with van der Waals surface area (Å²) in [5.41, 5.74) is 6.69. The second-order valence-corrected chi connectivity index (χ2v) is 7.62. The Kier molecular flexibility index (Phi) is 4.57. The highest BCUT2D eigenvalue weighted by Crippen LogP contribution is 2.44. The molecule has 1 aliphatic carbocycles. The highest BCUT2D eigenvalue weighted by atomic mass is 32.1. The summed E-state index contributed by atoms with van der Waals surface area (Å²) in [6, 6.07) is 10.1. The summed E-state index contributed by atoms with van der Waals surface area (Å²) >= 11 is 1.34. The predicted octanol–water partition coefficient (Wildman–Crippen LogP) is 3.37. The Bertz CT molecular complexity index is 985. The number of amides is 1. The van der Waals surface area contributed by atoms with Crippen molar-refractivity contribution in [3.05, 3.63) is 59.7 Å². The third-order valence-corrected chi connectivity index (χ3v) is 5.91. The molecule has 1 saturated carbocycles. The van der Waals surface area contributed by atoms with Crippen LogP contribution in [0.25, 0.3) is 10.6 Å². The van der Waals surface area contributed by atoms with Crippen molar-refractivity contribution in [3.8, 4) is 10.6 Å². The Hall–Kier alpha value is -2.87. The van der Waals surface area contributed by atoms with Crippen LogP contribution < -0.4 is 11.1 Å². The minimum absolute atomic E-state index is 0.271. The van der Waals surface area contributed by atoms with Gasteiger partial charge < -0.3 is 11.1 Å². The van der Waals surface area contributed by atoms with Crippen molar-refractivity contribution in [2.24, 2.45) is 5.73 Å². The molecule has 0 aliphatic heterocycles. The minimum atomic E-state index is -0.505. The molecular formula is C19H18FN5OS. The topological polar surface area (TPSA) is 93.8 Å². The van der Waals surface area contributed by atoms with E-state index in [1.165, 1.54) is 17.4 Å². The summed E-state index contributed by atoms with van der Waals surface area (Å²) in [5, 5.41) is 12.8. The standard InChI is InChI=1S/C19H18FN5OS/c20-14-7-3-10-22-15(14)19(8-4-9-19)11-23-18-25-24-17(27-18)13-6-2-1-5-12(13)16(21)26/h1-3,5-7,10H,4,8-9,11H2,(H2,21,26)(H,23,25). The average Bonchev–Trinajstić information content (AvgIpc) is 3.11. The van der Waals surface area contributed by atoms with E-state index in [9.17, 15) is 9.18 Å². The lowest BCUT2D eigenvalue weighted by atomic mass is 9.66. The molecule has 4 rings (SSSR count). The van der Waals surface area contributed by atoms with Crippen LogP contribution in [0, 0.1) is 5.82 Å². The minimum Gasteiger partial charge on any atom is -0.366 e. The monoisotopic (exact) mass is 383 g/mol. The van der Waals surface area contributed by atoms with Gasteiger partial charge in [0, 0.05) is 29.3 Å². The smallest absolute Gasteiger partial charge is 0.249 e. The van der Waals surface area contributed by atoms with Crippen LogP contribution >= 0.6 is 11.3 Å². The van der Waals surface area contributed by atoms with Crippen molar-refractivity contribution in [2.75, 3.05) is 11.9 Å². The first-order valence-corrected chi connectivity index (χ1v) is 9.48. The van der Waals surface area contributed by atoms with Crippen molar-refractivity contribution in [3.63, 3.8) is 0 Å². The molecule has 2 aromatic heterocycles. The number of hydrogen-bond donors (Lipinski definition) is 2. The number of carbonyl (C=O) groups is 1. The lowest BCUT2D eigenvalue weighted by molar-refractivity contribution is 0.100. The molecule has 1 fully saturated rings. The molecule has 3 aromatic rings. The zero-order valence-electron chi connectivity index (χ0n) is 14.5. The van der Waals surface area contributed by atoms with E-state index >= 15 is 0 Å². The third-order valence-electron chi connectivity index (χ3n) is 5.00. The van der Waals surface area contributed by atoms with Gasteiger partial charge in [0.2, 0.25) is 11.0 Å². The molecule has 3 N–H and O–H groups in total. The fourth-order valence-electron chi connectivity index (χ4n) is 3.41. The molecule has 0 bridgehead atoms. The number of rotatable bonds is 6. The Morgan fingerprint density at radius 2 is 2.04 bits per heavy atom. The van der Waals surface area contributed by atoms with Gasteiger partial charge in [0.1, 0.15) is 10.8 Å². The van der Waals surface area contributed by atoms with Crippen LogP contribution in [-0.2, 0) is 5.41 Å². The van der Waals surface area contributed by atoms with E-state index < -0.39 is 5.91 Å². The summed E-state index contributed by atoms with van der Waals surface area (Å²) < 4.78 is 14.2. The van der Waals surface area contributed by atoms with Gasteiger partial charge in [-0.15, -0.1) is 10.2 Å². The predicted molar refractivity (Wildman–Crippen MR) is 102 cm³/mol. The van der Waals surface area contributed by atoms with Crippen LogP contribution in [0.2, 0.25) is 0 Å². The highest BCUT2D eigenvalue weighted by Gasteiger charge is 2.42. The van der Waals surface area contributed by atoms with Crippen molar-refractivity contribution < 1.29 is 9.18 Å². The summed E-state index contributed by atoms with van der Waals surface area (Å²) in [7, 11) is 0. The first-order chi connectivity index (χ1) is 13.1. The van der Waals surface area contributed by atoms with Gasteiger partial charge in [0.25, 0.3) is 0 Å². The van der Waals surface area contributed by atoms with Gasteiger partial charge in [0.05, 0.1) is 5.69 Å². The number of benzene rings is 1. The number of nitrogens with zero attached hydrogens (tertiary/aromatic N) is 3. The van der Waals surface area contributed by atoms with Gasteiger partial charge in [-0.2, -0.15) is 0 Å². The molecule has 6 nitrogen and oxygen atoms in total. The number of pyridine rings is 1. The number of halogens is 1. The third kappa shape index (κ3) is 3.28. The number of hydrogen-bond acceptors (Lipinski definition) is 6. The molecule has 8 heteroatoms. The van der Waals surface area contributed by atoms with E-state index in [4.69, 9.17) is 5.73 Å². The molecule has 0 atom stereocenters. The summed E-state index contributed by atoms with van der Waals surface area (Å²) in [4.78, 5) is 15.9. The molecule has 27 heavy (non-hydrogen) atoms. The van der Waals surface area contributed by atoms with E-state index in [1.54, 1.807) is 30.5 Å². The van der Waals surface area contributed by atoms with Crippen LogP contribution in [0.3, 0.4) is 0 Å². The molecule has 1 aromatic carbocycles. The maximum atomic E-state index is 14.2. The van der Waals surface area contributed by atoms with Crippen molar-refractivity contribution in [1.29, 1.82) is 0 Å². The largest absolute Gasteiger partial charge is 0.366 e. The fourth-order valence-corrected chi connectivity index (χ4v) is 4.19. The number of carbonyl (C=O) groups excluding carboxylic acids is 1. The van der Waals surface area contributed by atoms with Gasteiger partial charge in [-0.1, -0.05) is 36.0 Å². The zero-order valence-corrected chi connectivity index (χ0v) is 15.3. The molecule has 0 unspecified atom stereocenters. The fraction of sp³-hybridized carbons (Fsp3) is 0.263. The number of nitrogens with one attached hydrogen (secondary N) is 1. The van der Waals surface area contributed by atoms with Crippen LogP contribution in [0.1, 0.15) is 35.3 Å². The maximum Gasteiger partial charge on any atom is 0.249 e. The lowest BCUT2D eigenvalue weighted by Crippen LogP contribution is -2.42. The number of nitrogens with two attached hydrogens (primary N) is 1. The van der Waals surface area contributed by atoms with E-state index in [-0.39, 0.29) is 11.2 Å². The van der Waals surface area contributed by atoms with Crippen molar-refractivity contribution in [1.82, 2.24) is 15.2 Å². The number of primary amides is 1. The van der Waals surface area contributed by atoms with Gasteiger partial charge >= 0.3 is 0 Å². The number of anilines is 1. The van der Waals surface area contributed by atoms with Crippen LogP contribution in [0.15, 0.2) is 42.6 Å². The first-order valence-electron chi connectivity index (χ1n) is 8.67. The van der Waals surface area contributed by atoms with Crippen LogP contribution in [-0.4, -0.2) is 27.6 Å².